The van der Waals surface area contributed by atoms with Crippen LogP contribution in [0.25, 0.3) is 0 Å². The van der Waals surface area contributed by atoms with Crippen LogP contribution < -0.4 is 5.73 Å². The van der Waals surface area contributed by atoms with E-state index < -0.39 is 0 Å². The molecule has 0 bridgehead atoms. The normalized spacial score (nSPS) is 21.7. The molecule has 0 aliphatic carbocycles. The molecule has 108 valence electrons. The molecule has 2 N–H and O–H groups in total. The van der Waals surface area contributed by atoms with E-state index in [2.05, 4.69) is 48.3 Å². The van der Waals surface area contributed by atoms with Crippen molar-refractivity contribution in [1.82, 2.24) is 9.80 Å². The topological polar surface area (TPSA) is 32.5 Å². The predicted octanol–water partition coefficient (Wildman–Crippen LogP) is 2.55. The van der Waals surface area contributed by atoms with Crippen LogP contribution in [0.5, 0.6) is 0 Å². The molecule has 4 heteroatoms. The van der Waals surface area contributed by atoms with Gasteiger partial charge in [0, 0.05) is 17.0 Å². The molecule has 1 aromatic heterocycles. The molecule has 19 heavy (non-hydrogen) atoms. The minimum atomic E-state index is 0.225. The van der Waals surface area contributed by atoms with Crippen molar-refractivity contribution < 1.29 is 0 Å². The van der Waals surface area contributed by atoms with Crippen LogP contribution in [0.2, 0.25) is 0 Å². The smallest absolute Gasteiger partial charge is 0.0593 e. The summed E-state index contributed by atoms with van der Waals surface area (Å²) in [5.74, 6) is 0. The van der Waals surface area contributed by atoms with Crippen LogP contribution in [-0.4, -0.2) is 49.1 Å². The molecule has 2 unspecified atom stereocenters. The second kappa shape index (κ2) is 6.84. The Morgan fingerprint density at radius 2 is 2.16 bits per heavy atom. The fraction of sp³-hybridized carbons (Fsp3) is 0.733. The van der Waals surface area contributed by atoms with E-state index in [4.69, 9.17) is 5.73 Å². The number of likely N-dealkylation sites (tertiary alicyclic amines) is 1. The highest BCUT2D eigenvalue weighted by Gasteiger charge is 2.30. The van der Waals surface area contributed by atoms with E-state index in [1.807, 2.05) is 11.3 Å². The van der Waals surface area contributed by atoms with E-state index in [9.17, 15) is 0 Å². The maximum absolute atomic E-state index is 6.40. The highest BCUT2D eigenvalue weighted by Crippen LogP contribution is 2.31. The zero-order valence-corrected chi connectivity index (χ0v) is 13.2. The molecular weight excluding hydrogens is 254 g/mol. The van der Waals surface area contributed by atoms with Gasteiger partial charge >= 0.3 is 0 Å². The third-order valence-electron chi connectivity index (χ3n) is 4.41. The van der Waals surface area contributed by atoms with Crippen LogP contribution in [0.15, 0.2) is 17.5 Å². The maximum atomic E-state index is 6.40. The quantitative estimate of drug-likeness (QED) is 0.900. The van der Waals surface area contributed by atoms with Gasteiger partial charge in [-0.3, -0.25) is 4.90 Å². The summed E-state index contributed by atoms with van der Waals surface area (Å²) in [5.41, 5.74) is 6.40. The van der Waals surface area contributed by atoms with Crippen molar-refractivity contribution in [3.8, 4) is 0 Å². The molecule has 1 aromatic rings. The van der Waals surface area contributed by atoms with Gasteiger partial charge in [0.2, 0.25) is 0 Å². The number of piperidine rings is 1. The molecule has 0 amide bonds. The third kappa shape index (κ3) is 3.57. The van der Waals surface area contributed by atoms with Crippen molar-refractivity contribution in [2.24, 2.45) is 5.73 Å². The summed E-state index contributed by atoms with van der Waals surface area (Å²) in [4.78, 5) is 6.37. The number of nitrogens with zero attached hydrogens (tertiary/aromatic N) is 2. The van der Waals surface area contributed by atoms with Gasteiger partial charge in [0.25, 0.3) is 0 Å². The minimum Gasteiger partial charge on any atom is -0.326 e. The van der Waals surface area contributed by atoms with Gasteiger partial charge in [-0.25, -0.2) is 0 Å². The standard InChI is InChI=1S/C15H27N3S/c1-4-13(16)15(14-6-5-11-19-14)18(3)12-7-9-17(2)10-8-12/h5-6,11-13,15H,4,7-10,16H2,1-3H3. The first-order valence-corrected chi connectivity index (χ1v) is 8.21. The van der Waals surface area contributed by atoms with E-state index in [1.54, 1.807) is 0 Å². The van der Waals surface area contributed by atoms with Gasteiger partial charge in [0.15, 0.2) is 0 Å². The summed E-state index contributed by atoms with van der Waals surface area (Å²) in [5, 5.41) is 2.16. The fourth-order valence-corrected chi connectivity index (χ4v) is 3.98. The summed E-state index contributed by atoms with van der Waals surface area (Å²) in [6.07, 6.45) is 3.54. The summed E-state index contributed by atoms with van der Waals surface area (Å²) in [7, 11) is 4.47. The largest absolute Gasteiger partial charge is 0.326 e. The number of nitrogens with two attached hydrogens (primary N) is 1. The Morgan fingerprint density at radius 3 is 2.68 bits per heavy atom. The van der Waals surface area contributed by atoms with Crippen molar-refractivity contribution in [2.75, 3.05) is 27.2 Å². The number of thiophene rings is 1. The maximum Gasteiger partial charge on any atom is 0.0593 e. The Balaban J connectivity index is 2.09. The molecule has 1 aliphatic heterocycles. The molecule has 1 saturated heterocycles. The molecule has 2 atom stereocenters. The molecule has 2 rings (SSSR count). The molecule has 0 radical (unpaired) electrons. The average molecular weight is 281 g/mol. The first-order chi connectivity index (χ1) is 9.13. The monoisotopic (exact) mass is 281 g/mol. The summed E-state index contributed by atoms with van der Waals surface area (Å²) in [6.45, 7) is 4.59. The number of hydrogen-bond acceptors (Lipinski definition) is 4. The lowest BCUT2D eigenvalue weighted by molar-refractivity contribution is 0.0950. The van der Waals surface area contributed by atoms with E-state index in [0.29, 0.717) is 12.1 Å². The second-order valence-electron chi connectivity index (χ2n) is 5.73. The number of likely N-dealkylation sites (N-methyl/N-ethyl adjacent to an activating group) is 1. The third-order valence-corrected chi connectivity index (χ3v) is 5.36. The van der Waals surface area contributed by atoms with E-state index in [-0.39, 0.29) is 6.04 Å². The second-order valence-corrected chi connectivity index (χ2v) is 6.71. The highest BCUT2D eigenvalue weighted by molar-refractivity contribution is 7.10. The minimum absolute atomic E-state index is 0.225. The van der Waals surface area contributed by atoms with Crippen molar-refractivity contribution in [3.05, 3.63) is 22.4 Å². The van der Waals surface area contributed by atoms with Crippen LogP contribution in [0.3, 0.4) is 0 Å². The molecular formula is C15H27N3S. The molecule has 0 aromatic carbocycles. The predicted molar refractivity (Wildman–Crippen MR) is 83.6 cm³/mol. The van der Waals surface area contributed by atoms with Gasteiger partial charge in [0.05, 0.1) is 6.04 Å². The van der Waals surface area contributed by atoms with Crippen molar-refractivity contribution in [2.45, 2.75) is 44.3 Å². The number of rotatable bonds is 5. The summed E-state index contributed by atoms with van der Waals surface area (Å²) >= 11 is 1.84. The molecule has 2 heterocycles. The Bertz CT molecular complexity index is 357. The van der Waals surface area contributed by atoms with E-state index in [0.717, 1.165) is 6.42 Å². The molecule has 1 fully saturated rings. The molecule has 1 aliphatic rings. The van der Waals surface area contributed by atoms with Crippen molar-refractivity contribution in [1.29, 1.82) is 0 Å². The molecule has 0 spiro atoms. The van der Waals surface area contributed by atoms with Crippen LogP contribution >= 0.6 is 11.3 Å². The van der Waals surface area contributed by atoms with Crippen LogP contribution in [-0.2, 0) is 0 Å². The summed E-state index contributed by atoms with van der Waals surface area (Å²) < 4.78 is 0. The fourth-order valence-electron chi connectivity index (χ4n) is 3.03. The van der Waals surface area contributed by atoms with Gasteiger partial charge in [0.1, 0.15) is 0 Å². The zero-order chi connectivity index (χ0) is 13.8. The van der Waals surface area contributed by atoms with E-state index in [1.165, 1.54) is 30.8 Å². The van der Waals surface area contributed by atoms with Gasteiger partial charge in [-0.2, -0.15) is 0 Å². The lowest BCUT2D eigenvalue weighted by Crippen LogP contribution is -2.47. The Morgan fingerprint density at radius 1 is 1.47 bits per heavy atom. The molecule has 0 saturated carbocycles. The van der Waals surface area contributed by atoms with E-state index >= 15 is 0 Å². The first kappa shape index (κ1) is 15.0. The van der Waals surface area contributed by atoms with Crippen molar-refractivity contribution in [3.63, 3.8) is 0 Å². The van der Waals surface area contributed by atoms with Crippen LogP contribution in [0, 0.1) is 0 Å². The van der Waals surface area contributed by atoms with Gasteiger partial charge in [-0.1, -0.05) is 13.0 Å². The number of hydrogen-bond donors (Lipinski definition) is 1. The lowest BCUT2D eigenvalue weighted by Gasteiger charge is -2.41. The summed E-state index contributed by atoms with van der Waals surface area (Å²) in [6, 6.07) is 5.64. The van der Waals surface area contributed by atoms with Gasteiger partial charge in [-0.15, -0.1) is 11.3 Å². The Hall–Kier alpha value is -0.420. The van der Waals surface area contributed by atoms with Crippen LogP contribution in [0.4, 0.5) is 0 Å². The van der Waals surface area contributed by atoms with Crippen molar-refractivity contribution >= 4 is 11.3 Å². The van der Waals surface area contributed by atoms with Gasteiger partial charge in [-0.05, 0) is 57.9 Å². The Kier molecular flexibility index (Phi) is 5.39. The van der Waals surface area contributed by atoms with Crippen LogP contribution in [0.1, 0.15) is 37.1 Å². The Labute approximate surface area is 121 Å². The van der Waals surface area contributed by atoms with Gasteiger partial charge < -0.3 is 10.6 Å². The average Bonchev–Trinajstić information content (AvgIpc) is 2.93. The zero-order valence-electron chi connectivity index (χ0n) is 12.4. The first-order valence-electron chi connectivity index (χ1n) is 7.33. The SMILES string of the molecule is CCC(N)C(c1cccs1)N(C)C1CCN(C)CC1. The lowest BCUT2D eigenvalue weighted by atomic mass is 9.97. The molecule has 3 nitrogen and oxygen atoms in total. The highest BCUT2D eigenvalue weighted by atomic mass is 32.1.